The Kier molecular flexibility index (Phi) is 3.42. The van der Waals surface area contributed by atoms with Gasteiger partial charge in [-0.05, 0) is 11.6 Å². The van der Waals surface area contributed by atoms with Gasteiger partial charge in [0.15, 0.2) is 0 Å². The summed E-state index contributed by atoms with van der Waals surface area (Å²) < 4.78 is 0. The van der Waals surface area contributed by atoms with Crippen molar-refractivity contribution in [2.75, 3.05) is 5.32 Å². The number of nitro groups is 1. The molecule has 2 rings (SSSR count). The second kappa shape index (κ2) is 5.18. The van der Waals surface area contributed by atoms with Gasteiger partial charge in [-0.2, -0.15) is 0 Å². The van der Waals surface area contributed by atoms with Crippen LogP contribution in [0.5, 0.6) is 0 Å². The van der Waals surface area contributed by atoms with Crippen molar-refractivity contribution in [1.82, 2.24) is 0 Å². The van der Waals surface area contributed by atoms with Crippen molar-refractivity contribution in [3.05, 3.63) is 58.6 Å². The summed E-state index contributed by atoms with van der Waals surface area (Å²) >= 11 is 0. The number of benzene rings is 2. The Morgan fingerprint density at radius 1 is 1.16 bits per heavy atom. The SMILES string of the molecule is NC(=O)Nc1ccccc1-c1cccc([N+](=O)[O-])c1. The zero-order valence-corrected chi connectivity index (χ0v) is 9.87. The molecular weight excluding hydrogens is 246 g/mol. The third kappa shape index (κ3) is 2.86. The Labute approximate surface area is 109 Å². The lowest BCUT2D eigenvalue weighted by Crippen LogP contribution is -2.19. The Morgan fingerprint density at radius 3 is 2.58 bits per heavy atom. The topological polar surface area (TPSA) is 98.3 Å². The van der Waals surface area contributed by atoms with Crippen molar-refractivity contribution >= 4 is 17.4 Å². The van der Waals surface area contributed by atoms with E-state index < -0.39 is 11.0 Å². The van der Waals surface area contributed by atoms with Gasteiger partial charge in [0.05, 0.1) is 10.6 Å². The van der Waals surface area contributed by atoms with Crippen molar-refractivity contribution in [2.24, 2.45) is 5.73 Å². The standard InChI is InChI=1S/C13H11N3O3/c14-13(17)15-12-7-2-1-6-11(12)9-4-3-5-10(8-9)16(18)19/h1-8H,(H3,14,15,17). The summed E-state index contributed by atoms with van der Waals surface area (Å²) in [5, 5.41) is 13.3. The minimum Gasteiger partial charge on any atom is -0.351 e. The van der Waals surface area contributed by atoms with E-state index in [1.54, 1.807) is 36.4 Å². The predicted molar refractivity (Wildman–Crippen MR) is 71.7 cm³/mol. The summed E-state index contributed by atoms with van der Waals surface area (Å²) in [5.41, 5.74) is 6.90. The number of non-ortho nitro benzene ring substituents is 1. The summed E-state index contributed by atoms with van der Waals surface area (Å²) in [4.78, 5) is 21.2. The lowest BCUT2D eigenvalue weighted by molar-refractivity contribution is -0.384. The lowest BCUT2D eigenvalue weighted by Gasteiger charge is -2.09. The molecule has 0 unspecified atom stereocenters. The van der Waals surface area contributed by atoms with Crippen LogP contribution in [-0.4, -0.2) is 11.0 Å². The number of hydrogen-bond acceptors (Lipinski definition) is 3. The van der Waals surface area contributed by atoms with Gasteiger partial charge in [0.2, 0.25) is 0 Å². The van der Waals surface area contributed by atoms with E-state index in [9.17, 15) is 14.9 Å². The van der Waals surface area contributed by atoms with E-state index in [4.69, 9.17) is 5.73 Å². The van der Waals surface area contributed by atoms with Crippen molar-refractivity contribution in [2.45, 2.75) is 0 Å². The fourth-order valence-corrected chi connectivity index (χ4v) is 1.76. The average molecular weight is 257 g/mol. The molecule has 0 aliphatic heterocycles. The molecule has 0 spiro atoms. The molecule has 96 valence electrons. The molecule has 2 aromatic rings. The number of anilines is 1. The second-order valence-corrected chi connectivity index (χ2v) is 3.84. The number of urea groups is 1. The number of primary amides is 1. The molecule has 0 saturated heterocycles. The Morgan fingerprint density at radius 2 is 1.89 bits per heavy atom. The molecular formula is C13H11N3O3. The number of nitro benzene ring substituents is 1. The number of nitrogens with one attached hydrogen (secondary N) is 1. The van der Waals surface area contributed by atoms with Crippen LogP contribution in [0, 0.1) is 10.1 Å². The Balaban J connectivity index is 2.49. The smallest absolute Gasteiger partial charge is 0.316 e. The maximum atomic E-state index is 10.9. The van der Waals surface area contributed by atoms with Crippen LogP contribution >= 0.6 is 0 Å². The number of nitrogens with zero attached hydrogens (tertiary/aromatic N) is 1. The molecule has 6 nitrogen and oxygen atoms in total. The minimum absolute atomic E-state index is 0.00798. The fraction of sp³-hybridized carbons (Fsp3) is 0. The van der Waals surface area contributed by atoms with Gasteiger partial charge in [0.25, 0.3) is 5.69 Å². The Bertz CT molecular complexity index is 641. The summed E-state index contributed by atoms with van der Waals surface area (Å²) in [5.74, 6) is 0. The van der Waals surface area contributed by atoms with Gasteiger partial charge in [-0.25, -0.2) is 4.79 Å². The van der Waals surface area contributed by atoms with E-state index in [1.807, 2.05) is 0 Å². The van der Waals surface area contributed by atoms with Crippen LogP contribution in [-0.2, 0) is 0 Å². The maximum absolute atomic E-state index is 10.9. The van der Waals surface area contributed by atoms with Crippen LogP contribution in [0.15, 0.2) is 48.5 Å². The van der Waals surface area contributed by atoms with E-state index in [-0.39, 0.29) is 5.69 Å². The molecule has 0 aliphatic rings. The molecule has 2 aromatic carbocycles. The van der Waals surface area contributed by atoms with Gasteiger partial charge in [0.1, 0.15) is 0 Å². The number of para-hydroxylation sites is 1. The average Bonchev–Trinajstić information content (AvgIpc) is 2.39. The van der Waals surface area contributed by atoms with Crippen LogP contribution in [0.4, 0.5) is 16.2 Å². The fourth-order valence-electron chi connectivity index (χ4n) is 1.76. The van der Waals surface area contributed by atoms with E-state index >= 15 is 0 Å². The maximum Gasteiger partial charge on any atom is 0.316 e. The van der Waals surface area contributed by atoms with Crippen molar-refractivity contribution in [1.29, 1.82) is 0 Å². The van der Waals surface area contributed by atoms with Gasteiger partial charge < -0.3 is 11.1 Å². The van der Waals surface area contributed by atoms with Gasteiger partial charge in [-0.1, -0.05) is 30.3 Å². The van der Waals surface area contributed by atoms with Gasteiger partial charge in [-0.3, -0.25) is 10.1 Å². The number of carbonyl (C=O) groups is 1. The molecule has 0 aliphatic carbocycles. The number of nitrogens with two attached hydrogens (primary N) is 1. The monoisotopic (exact) mass is 257 g/mol. The highest BCUT2D eigenvalue weighted by Gasteiger charge is 2.10. The summed E-state index contributed by atoms with van der Waals surface area (Å²) in [6.45, 7) is 0. The highest BCUT2D eigenvalue weighted by Crippen LogP contribution is 2.29. The van der Waals surface area contributed by atoms with Gasteiger partial charge in [-0.15, -0.1) is 0 Å². The number of carbonyl (C=O) groups excluding carboxylic acids is 1. The number of amides is 2. The molecule has 6 heteroatoms. The Hall–Kier alpha value is -2.89. The molecule has 3 N–H and O–H groups in total. The van der Waals surface area contributed by atoms with Crippen molar-refractivity contribution in [3.63, 3.8) is 0 Å². The molecule has 2 amide bonds. The molecule has 0 radical (unpaired) electrons. The molecule has 19 heavy (non-hydrogen) atoms. The first-order valence-electron chi connectivity index (χ1n) is 5.48. The predicted octanol–water partition coefficient (Wildman–Crippen LogP) is 2.75. The van der Waals surface area contributed by atoms with Crippen molar-refractivity contribution < 1.29 is 9.72 Å². The van der Waals surface area contributed by atoms with E-state index in [1.165, 1.54) is 12.1 Å². The largest absolute Gasteiger partial charge is 0.351 e. The third-order valence-corrected chi connectivity index (χ3v) is 2.55. The minimum atomic E-state index is -0.683. The highest BCUT2D eigenvalue weighted by molar-refractivity contribution is 5.93. The molecule has 0 aromatic heterocycles. The second-order valence-electron chi connectivity index (χ2n) is 3.84. The number of rotatable bonds is 3. The first-order valence-corrected chi connectivity index (χ1v) is 5.48. The van der Waals surface area contributed by atoms with Crippen LogP contribution in [0.2, 0.25) is 0 Å². The van der Waals surface area contributed by atoms with Gasteiger partial charge in [0, 0.05) is 17.7 Å². The first kappa shape index (κ1) is 12.6. The lowest BCUT2D eigenvalue weighted by atomic mass is 10.0. The summed E-state index contributed by atoms with van der Waals surface area (Å²) in [6, 6.07) is 12.5. The van der Waals surface area contributed by atoms with Crippen LogP contribution in [0.25, 0.3) is 11.1 Å². The first-order chi connectivity index (χ1) is 9.08. The van der Waals surface area contributed by atoms with E-state index in [0.717, 1.165) is 0 Å². The van der Waals surface area contributed by atoms with Gasteiger partial charge >= 0.3 is 6.03 Å². The quantitative estimate of drug-likeness (QED) is 0.653. The molecule has 0 heterocycles. The summed E-state index contributed by atoms with van der Waals surface area (Å²) in [7, 11) is 0. The molecule has 0 fully saturated rings. The zero-order chi connectivity index (χ0) is 13.8. The van der Waals surface area contributed by atoms with Crippen LogP contribution in [0.1, 0.15) is 0 Å². The van der Waals surface area contributed by atoms with Crippen LogP contribution < -0.4 is 11.1 Å². The zero-order valence-electron chi connectivity index (χ0n) is 9.87. The number of hydrogen-bond donors (Lipinski definition) is 2. The van der Waals surface area contributed by atoms with Crippen LogP contribution in [0.3, 0.4) is 0 Å². The van der Waals surface area contributed by atoms with E-state index in [0.29, 0.717) is 16.8 Å². The molecule has 0 atom stereocenters. The van der Waals surface area contributed by atoms with E-state index in [2.05, 4.69) is 5.32 Å². The van der Waals surface area contributed by atoms with Crippen molar-refractivity contribution in [3.8, 4) is 11.1 Å². The highest BCUT2D eigenvalue weighted by atomic mass is 16.6. The third-order valence-electron chi connectivity index (χ3n) is 2.55. The summed E-state index contributed by atoms with van der Waals surface area (Å²) in [6.07, 6.45) is 0. The normalized spacial score (nSPS) is 9.89. The molecule has 0 saturated carbocycles. The molecule has 0 bridgehead atoms.